The van der Waals surface area contributed by atoms with Crippen LogP contribution in [0.5, 0.6) is 0 Å². The second-order valence-corrected chi connectivity index (χ2v) is 9.60. The molecule has 2 aromatic rings. The number of benzene rings is 1. The van der Waals surface area contributed by atoms with Gasteiger partial charge in [-0.3, -0.25) is 4.79 Å². The van der Waals surface area contributed by atoms with E-state index in [2.05, 4.69) is 4.72 Å². The maximum absolute atomic E-state index is 13.4. The molecule has 5 nitrogen and oxygen atoms in total. The third-order valence-electron chi connectivity index (χ3n) is 4.30. The third-order valence-corrected chi connectivity index (χ3v) is 7.34. The minimum Gasteiger partial charge on any atom is -0.380 e. The molecule has 26 heavy (non-hydrogen) atoms. The molecule has 1 aliphatic heterocycles. The number of Topliss-reactive ketones (excluding diaryl/α,β-unsaturated/α-hetero) is 1. The van der Waals surface area contributed by atoms with Crippen LogP contribution >= 0.6 is 11.3 Å². The van der Waals surface area contributed by atoms with Gasteiger partial charge in [-0.1, -0.05) is 12.1 Å². The quantitative estimate of drug-likeness (QED) is 0.761. The molecule has 1 saturated heterocycles. The van der Waals surface area contributed by atoms with E-state index in [1.54, 1.807) is 26.0 Å². The van der Waals surface area contributed by atoms with Crippen LogP contribution in [0.2, 0.25) is 0 Å². The third kappa shape index (κ3) is 4.20. The first-order valence-electron chi connectivity index (χ1n) is 8.25. The number of hydrogen-bond acceptors (Lipinski definition) is 5. The molecule has 1 aliphatic rings. The predicted molar refractivity (Wildman–Crippen MR) is 97.8 cm³/mol. The van der Waals surface area contributed by atoms with Crippen molar-refractivity contribution in [2.45, 2.75) is 36.9 Å². The van der Waals surface area contributed by atoms with Gasteiger partial charge in [-0.15, -0.1) is 11.3 Å². The summed E-state index contributed by atoms with van der Waals surface area (Å²) in [5.74, 6) is -0.501. The Hall–Kier alpha value is -1.61. The SMILES string of the molecule is Cc1cc(CC(=O)c2cc(S(=O)(=O)N[C@H]3CCOC3)sc2C)ccc1F. The number of ether oxygens (including phenoxy) is 1. The van der Waals surface area contributed by atoms with Crippen LogP contribution in [0.3, 0.4) is 0 Å². The highest BCUT2D eigenvalue weighted by Crippen LogP contribution is 2.27. The second-order valence-electron chi connectivity index (χ2n) is 6.40. The molecule has 140 valence electrons. The molecule has 1 atom stereocenters. The molecule has 8 heteroatoms. The lowest BCUT2D eigenvalue weighted by Gasteiger charge is -2.09. The van der Waals surface area contributed by atoms with Gasteiger partial charge in [-0.05, 0) is 43.5 Å². The van der Waals surface area contributed by atoms with Gasteiger partial charge in [0.2, 0.25) is 10.0 Å². The summed E-state index contributed by atoms with van der Waals surface area (Å²) in [6.07, 6.45) is 0.737. The van der Waals surface area contributed by atoms with Crippen molar-refractivity contribution in [1.82, 2.24) is 4.72 Å². The number of sulfonamides is 1. The highest BCUT2D eigenvalue weighted by atomic mass is 32.2. The second kappa shape index (κ2) is 7.56. The maximum atomic E-state index is 13.4. The number of aryl methyl sites for hydroxylation is 2. The predicted octanol–water partition coefficient (Wildman–Crippen LogP) is 3.00. The fourth-order valence-corrected chi connectivity index (χ4v) is 5.60. The molecular formula is C18H20FNO4S2. The Morgan fingerprint density at radius 2 is 2.12 bits per heavy atom. The van der Waals surface area contributed by atoms with Crippen molar-refractivity contribution in [3.63, 3.8) is 0 Å². The number of nitrogens with one attached hydrogen (secondary N) is 1. The van der Waals surface area contributed by atoms with Gasteiger partial charge >= 0.3 is 0 Å². The number of thiophene rings is 1. The first-order chi connectivity index (χ1) is 12.3. The number of carbonyl (C=O) groups is 1. The Morgan fingerprint density at radius 3 is 2.77 bits per heavy atom. The Bertz CT molecular complexity index is 931. The average molecular weight is 397 g/mol. The number of rotatable bonds is 6. The molecule has 0 amide bonds. The Balaban J connectivity index is 1.78. The van der Waals surface area contributed by atoms with Crippen LogP contribution < -0.4 is 4.72 Å². The summed E-state index contributed by atoms with van der Waals surface area (Å²) < 4.78 is 46.3. The molecule has 0 unspecified atom stereocenters. The van der Waals surface area contributed by atoms with E-state index in [0.717, 1.165) is 11.3 Å². The summed E-state index contributed by atoms with van der Waals surface area (Å²) in [7, 11) is -3.68. The fraction of sp³-hybridized carbons (Fsp3) is 0.389. The highest BCUT2D eigenvalue weighted by molar-refractivity contribution is 7.91. The van der Waals surface area contributed by atoms with E-state index in [4.69, 9.17) is 4.74 Å². The van der Waals surface area contributed by atoms with Crippen LogP contribution in [-0.2, 0) is 21.2 Å². The van der Waals surface area contributed by atoms with Crippen LogP contribution in [-0.4, -0.2) is 33.5 Å². The molecule has 1 aromatic heterocycles. The lowest BCUT2D eigenvalue weighted by molar-refractivity contribution is 0.0992. The number of halogens is 1. The molecule has 0 aliphatic carbocycles. The molecule has 3 rings (SSSR count). The van der Waals surface area contributed by atoms with Crippen LogP contribution in [0.15, 0.2) is 28.5 Å². The van der Waals surface area contributed by atoms with Gasteiger partial charge in [0, 0.05) is 29.5 Å². The maximum Gasteiger partial charge on any atom is 0.250 e. The van der Waals surface area contributed by atoms with Crippen molar-refractivity contribution in [3.8, 4) is 0 Å². The van der Waals surface area contributed by atoms with Gasteiger partial charge in [0.1, 0.15) is 10.0 Å². The van der Waals surface area contributed by atoms with E-state index in [1.165, 1.54) is 12.1 Å². The first-order valence-corrected chi connectivity index (χ1v) is 10.5. The smallest absolute Gasteiger partial charge is 0.250 e. The Labute approximate surface area is 156 Å². The molecule has 0 radical (unpaired) electrons. The molecular weight excluding hydrogens is 377 g/mol. The number of ketones is 1. The van der Waals surface area contributed by atoms with Crippen LogP contribution in [0.1, 0.15) is 32.8 Å². The molecule has 0 bridgehead atoms. The standard InChI is InChI=1S/C18H20FNO4S2/c1-11-7-13(3-4-16(11)19)8-17(21)15-9-18(25-12(15)2)26(22,23)20-14-5-6-24-10-14/h3-4,7,9,14,20H,5-6,8,10H2,1-2H3/t14-/m0/s1. The minimum absolute atomic E-state index is 0.0993. The summed E-state index contributed by atoms with van der Waals surface area (Å²) in [5, 5.41) is 0. The number of hydrogen-bond donors (Lipinski definition) is 1. The van der Waals surface area contributed by atoms with Crippen LogP contribution in [0.25, 0.3) is 0 Å². The van der Waals surface area contributed by atoms with Crippen molar-refractivity contribution in [3.05, 3.63) is 51.7 Å². The highest BCUT2D eigenvalue weighted by Gasteiger charge is 2.26. The molecule has 0 saturated carbocycles. The zero-order valence-corrected chi connectivity index (χ0v) is 16.2. The lowest BCUT2D eigenvalue weighted by atomic mass is 10.0. The number of carbonyl (C=O) groups excluding carboxylic acids is 1. The van der Waals surface area contributed by atoms with E-state index in [9.17, 15) is 17.6 Å². The van der Waals surface area contributed by atoms with Gasteiger partial charge in [0.25, 0.3) is 0 Å². The molecule has 1 aromatic carbocycles. The summed E-state index contributed by atoms with van der Waals surface area (Å²) in [6.45, 7) is 4.27. The van der Waals surface area contributed by atoms with E-state index in [0.29, 0.717) is 41.2 Å². The summed E-state index contributed by atoms with van der Waals surface area (Å²) in [6, 6.07) is 5.73. The van der Waals surface area contributed by atoms with E-state index >= 15 is 0 Å². The van der Waals surface area contributed by atoms with Crippen LogP contribution in [0.4, 0.5) is 4.39 Å². The zero-order chi connectivity index (χ0) is 18.9. The molecule has 0 spiro atoms. The van der Waals surface area contributed by atoms with E-state index < -0.39 is 10.0 Å². The average Bonchev–Trinajstić information content (AvgIpc) is 3.20. The van der Waals surface area contributed by atoms with E-state index in [-0.39, 0.29) is 28.3 Å². The molecule has 1 N–H and O–H groups in total. The first kappa shape index (κ1) is 19.2. The summed E-state index contributed by atoms with van der Waals surface area (Å²) in [5.41, 5.74) is 1.56. The largest absolute Gasteiger partial charge is 0.380 e. The van der Waals surface area contributed by atoms with E-state index in [1.807, 2.05) is 0 Å². The summed E-state index contributed by atoms with van der Waals surface area (Å²) >= 11 is 1.08. The molecule has 2 heterocycles. The minimum atomic E-state index is -3.68. The zero-order valence-electron chi connectivity index (χ0n) is 14.5. The normalized spacial score (nSPS) is 17.6. The molecule has 1 fully saturated rings. The fourth-order valence-electron chi connectivity index (χ4n) is 2.87. The van der Waals surface area contributed by atoms with Gasteiger partial charge in [-0.2, -0.15) is 0 Å². The van der Waals surface area contributed by atoms with Crippen molar-refractivity contribution in [2.24, 2.45) is 0 Å². The summed E-state index contributed by atoms with van der Waals surface area (Å²) in [4.78, 5) is 13.2. The van der Waals surface area contributed by atoms with Gasteiger partial charge < -0.3 is 4.74 Å². The lowest BCUT2D eigenvalue weighted by Crippen LogP contribution is -2.34. The van der Waals surface area contributed by atoms with Gasteiger partial charge in [0.05, 0.1) is 6.61 Å². The van der Waals surface area contributed by atoms with Crippen molar-refractivity contribution < 1.29 is 22.3 Å². The Kier molecular flexibility index (Phi) is 5.57. The van der Waals surface area contributed by atoms with Crippen molar-refractivity contribution >= 4 is 27.1 Å². The van der Waals surface area contributed by atoms with Crippen LogP contribution in [0, 0.1) is 19.7 Å². The Morgan fingerprint density at radius 1 is 1.35 bits per heavy atom. The van der Waals surface area contributed by atoms with Gasteiger partial charge in [0.15, 0.2) is 5.78 Å². The monoisotopic (exact) mass is 397 g/mol. The topological polar surface area (TPSA) is 72.5 Å². The van der Waals surface area contributed by atoms with Crippen molar-refractivity contribution in [1.29, 1.82) is 0 Å². The van der Waals surface area contributed by atoms with Gasteiger partial charge in [-0.25, -0.2) is 17.5 Å². The van der Waals surface area contributed by atoms with Crippen molar-refractivity contribution in [2.75, 3.05) is 13.2 Å².